The minimum Gasteiger partial charge on any atom is -0.0654 e. The second-order valence-corrected chi connectivity index (χ2v) is 11.8. The van der Waals surface area contributed by atoms with E-state index in [2.05, 4.69) is 77.9 Å². The summed E-state index contributed by atoms with van der Waals surface area (Å²) in [7, 11) is 0. The van der Waals surface area contributed by atoms with Gasteiger partial charge in [0.15, 0.2) is 0 Å². The molecule has 2 atom stereocenters. The Morgan fingerprint density at radius 3 is 1.68 bits per heavy atom. The summed E-state index contributed by atoms with van der Waals surface area (Å²) in [6, 6.07) is 15.1. The van der Waals surface area contributed by atoms with E-state index in [4.69, 9.17) is 0 Å². The third kappa shape index (κ3) is 11.0. The van der Waals surface area contributed by atoms with Gasteiger partial charge in [0, 0.05) is 0 Å². The fourth-order valence-electron chi connectivity index (χ4n) is 6.33. The van der Waals surface area contributed by atoms with Crippen molar-refractivity contribution in [3.8, 4) is 0 Å². The molecule has 0 aliphatic rings. The van der Waals surface area contributed by atoms with Crippen LogP contribution >= 0.6 is 0 Å². The van der Waals surface area contributed by atoms with E-state index in [0.29, 0.717) is 5.92 Å². The van der Waals surface area contributed by atoms with Crippen LogP contribution in [0.25, 0.3) is 0 Å². The monoisotopic (exact) mass is 504 g/mol. The predicted octanol–water partition coefficient (Wildman–Crippen LogP) is 11.6. The van der Waals surface area contributed by atoms with Crippen molar-refractivity contribution in [2.24, 2.45) is 5.92 Å². The minimum atomic E-state index is 0.701. The fourth-order valence-corrected chi connectivity index (χ4v) is 6.33. The summed E-state index contributed by atoms with van der Waals surface area (Å²) in [5.41, 5.74) is 9.64. The first-order valence-corrected chi connectivity index (χ1v) is 16.3. The van der Waals surface area contributed by atoms with Crippen LogP contribution in [0.1, 0.15) is 158 Å². The summed E-state index contributed by atoms with van der Waals surface area (Å²) in [4.78, 5) is 0. The Hall–Kier alpha value is -1.56. The number of unbranched alkanes of at least 4 members (excludes halogenated alkanes) is 3. The van der Waals surface area contributed by atoms with Crippen molar-refractivity contribution in [1.29, 1.82) is 0 Å². The number of aryl methyl sites for hydroxylation is 4. The average Bonchev–Trinajstić information content (AvgIpc) is 2.89. The van der Waals surface area contributed by atoms with Crippen molar-refractivity contribution in [3.05, 3.63) is 69.8 Å². The molecule has 0 saturated carbocycles. The molecule has 0 radical (unpaired) electrons. The summed E-state index contributed by atoms with van der Waals surface area (Å²) < 4.78 is 0. The van der Waals surface area contributed by atoms with Gasteiger partial charge in [-0.1, -0.05) is 142 Å². The van der Waals surface area contributed by atoms with Crippen LogP contribution in [-0.2, 0) is 32.1 Å². The lowest BCUT2D eigenvalue weighted by Crippen LogP contribution is -2.13. The standard InChI is InChI=1S/C37H60/c1-7-13-15-20-30(26-31-22-23-32(16-9-3)34(28-31)18-11-5)27-36(21-14-8-2)37-25-24-33(17-10-4)35(29-37)19-12-6/h22-25,28-30,36H,7-21,26-27H2,1-6H3. The molecule has 0 bridgehead atoms. The normalized spacial score (nSPS) is 13.1. The third-order valence-electron chi connectivity index (χ3n) is 8.31. The van der Waals surface area contributed by atoms with Gasteiger partial charge in [0.1, 0.15) is 0 Å². The molecule has 0 amide bonds. The van der Waals surface area contributed by atoms with Gasteiger partial charge in [-0.15, -0.1) is 0 Å². The van der Waals surface area contributed by atoms with Gasteiger partial charge in [-0.25, -0.2) is 0 Å². The molecule has 0 heterocycles. The zero-order chi connectivity index (χ0) is 26.9. The molecule has 2 rings (SSSR count). The van der Waals surface area contributed by atoms with E-state index in [1.165, 1.54) is 109 Å². The first-order chi connectivity index (χ1) is 18.1. The molecule has 0 saturated heterocycles. The van der Waals surface area contributed by atoms with Crippen LogP contribution in [0, 0.1) is 5.92 Å². The van der Waals surface area contributed by atoms with Crippen molar-refractivity contribution < 1.29 is 0 Å². The first-order valence-electron chi connectivity index (χ1n) is 16.3. The summed E-state index contributed by atoms with van der Waals surface area (Å²) in [6.07, 6.45) is 21.9. The molecule has 0 N–H and O–H groups in total. The van der Waals surface area contributed by atoms with Crippen LogP contribution in [0.2, 0.25) is 0 Å². The molecule has 0 heteroatoms. The minimum absolute atomic E-state index is 0.701. The average molecular weight is 505 g/mol. The quantitative estimate of drug-likeness (QED) is 0.157. The molecule has 0 spiro atoms. The maximum atomic E-state index is 2.62. The highest BCUT2D eigenvalue weighted by molar-refractivity contribution is 5.35. The van der Waals surface area contributed by atoms with Crippen LogP contribution in [0.5, 0.6) is 0 Å². The largest absolute Gasteiger partial charge is 0.0654 e. The summed E-state index contributed by atoms with van der Waals surface area (Å²) in [5.74, 6) is 1.48. The van der Waals surface area contributed by atoms with Crippen LogP contribution < -0.4 is 0 Å². The second-order valence-electron chi connectivity index (χ2n) is 11.8. The van der Waals surface area contributed by atoms with Gasteiger partial charge in [-0.2, -0.15) is 0 Å². The molecular weight excluding hydrogens is 444 g/mol. The van der Waals surface area contributed by atoms with Gasteiger partial charge in [-0.3, -0.25) is 0 Å². The van der Waals surface area contributed by atoms with E-state index >= 15 is 0 Å². The van der Waals surface area contributed by atoms with E-state index in [-0.39, 0.29) is 0 Å². The van der Waals surface area contributed by atoms with Crippen molar-refractivity contribution in [3.63, 3.8) is 0 Å². The van der Waals surface area contributed by atoms with E-state index in [1.807, 2.05) is 0 Å². The van der Waals surface area contributed by atoms with Crippen LogP contribution in [0.3, 0.4) is 0 Å². The Labute approximate surface area is 232 Å². The van der Waals surface area contributed by atoms with E-state index in [0.717, 1.165) is 5.92 Å². The van der Waals surface area contributed by atoms with E-state index < -0.39 is 0 Å². The summed E-state index contributed by atoms with van der Waals surface area (Å²) in [6.45, 7) is 14.0. The lowest BCUT2D eigenvalue weighted by Gasteiger charge is -2.26. The lowest BCUT2D eigenvalue weighted by molar-refractivity contribution is 0.375. The summed E-state index contributed by atoms with van der Waals surface area (Å²) in [5, 5.41) is 0. The van der Waals surface area contributed by atoms with Crippen molar-refractivity contribution in [1.82, 2.24) is 0 Å². The topological polar surface area (TPSA) is 0 Å². The number of hydrogen-bond donors (Lipinski definition) is 0. The number of hydrogen-bond acceptors (Lipinski definition) is 0. The third-order valence-corrected chi connectivity index (χ3v) is 8.31. The molecule has 0 aliphatic heterocycles. The molecule has 37 heavy (non-hydrogen) atoms. The molecule has 2 unspecified atom stereocenters. The highest BCUT2D eigenvalue weighted by Gasteiger charge is 2.20. The van der Waals surface area contributed by atoms with E-state index in [9.17, 15) is 0 Å². The highest BCUT2D eigenvalue weighted by Crippen LogP contribution is 2.35. The zero-order valence-electron chi connectivity index (χ0n) is 25.6. The van der Waals surface area contributed by atoms with Gasteiger partial charge in [0.2, 0.25) is 0 Å². The van der Waals surface area contributed by atoms with Gasteiger partial charge in [-0.05, 0) is 90.2 Å². The molecule has 0 aromatic heterocycles. The molecule has 0 aliphatic carbocycles. The lowest BCUT2D eigenvalue weighted by atomic mass is 9.79. The Kier molecular flexibility index (Phi) is 16.0. The maximum absolute atomic E-state index is 2.62. The van der Waals surface area contributed by atoms with Crippen molar-refractivity contribution in [2.75, 3.05) is 0 Å². The van der Waals surface area contributed by atoms with Crippen LogP contribution in [0.4, 0.5) is 0 Å². The van der Waals surface area contributed by atoms with Gasteiger partial charge in [0.05, 0.1) is 0 Å². The van der Waals surface area contributed by atoms with Crippen molar-refractivity contribution >= 4 is 0 Å². The first kappa shape index (κ1) is 31.7. The molecular formula is C37H60. The number of benzene rings is 2. The highest BCUT2D eigenvalue weighted by atomic mass is 14.3. The Morgan fingerprint density at radius 2 is 1.08 bits per heavy atom. The zero-order valence-corrected chi connectivity index (χ0v) is 25.6. The Bertz CT molecular complexity index is 860. The van der Waals surface area contributed by atoms with Gasteiger partial charge < -0.3 is 0 Å². The van der Waals surface area contributed by atoms with E-state index in [1.54, 1.807) is 33.4 Å². The maximum Gasteiger partial charge on any atom is -0.0159 e. The molecule has 0 nitrogen and oxygen atoms in total. The Morgan fingerprint density at radius 1 is 0.514 bits per heavy atom. The van der Waals surface area contributed by atoms with Gasteiger partial charge >= 0.3 is 0 Å². The molecule has 2 aromatic rings. The number of rotatable bonds is 20. The predicted molar refractivity (Wildman–Crippen MR) is 167 cm³/mol. The SMILES string of the molecule is CCCCCC(Cc1ccc(CCC)c(CCC)c1)CC(CCCC)c1ccc(CCC)c(CCC)c1. The van der Waals surface area contributed by atoms with Gasteiger partial charge in [0.25, 0.3) is 0 Å². The molecule has 208 valence electrons. The van der Waals surface area contributed by atoms with Crippen LogP contribution in [-0.4, -0.2) is 0 Å². The van der Waals surface area contributed by atoms with Crippen molar-refractivity contribution in [2.45, 2.75) is 157 Å². The smallest absolute Gasteiger partial charge is 0.0159 e. The summed E-state index contributed by atoms with van der Waals surface area (Å²) >= 11 is 0. The Balaban J connectivity index is 2.32. The fraction of sp³-hybridized carbons (Fsp3) is 0.676. The van der Waals surface area contributed by atoms with Crippen LogP contribution in [0.15, 0.2) is 36.4 Å². The second kappa shape index (κ2) is 18.7. The molecule has 2 aromatic carbocycles. The molecule has 0 fully saturated rings.